The fourth-order valence-corrected chi connectivity index (χ4v) is 4.18. The third kappa shape index (κ3) is 5.61. The van der Waals surface area contributed by atoms with Gasteiger partial charge in [-0.15, -0.1) is 0 Å². The highest BCUT2D eigenvalue weighted by Gasteiger charge is 2.41. The van der Waals surface area contributed by atoms with E-state index in [9.17, 15) is 4.79 Å². The topological polar surface area (TPSA) is 164 Å². The fraction of sp³-hybridized carbons (Fsp3) is 0.400. The van der Waals surface area contributed by atoms with Crippen LogP contribution in [0.1, 0.15) is 41.3 Å². The van der Waals surface area contributed by atoms with Crippen LogP contribution >= 0.6 is 11.6 Å². The Labute approximate surface area is 197 Å². The monoisotopic (exact) mass is 499 g/mol. The molecule has 1 fully saturated rings. The van der Waals surface area contributed by atoms with Crippen LogP contribution in [0.4, 0.5) is 4.79 Å². The molecule has 13 nitrogen and oxygen atoms in total. The minimum Gasteiger partial charge on any atom is -0.430 e. The third-order valence-corrected chi connectivity index (χ3v) is 5.76. The molecule has 0 spiro atoms. The van der Waals surface area contributed by atoms with Gasteiger partial charge < -0.3 is 14.2 Å². The van der Waals surface area contributed by atoms with Crippen molar-refractivity contribution in [2.24, 2.45) is 0 Å². The largest absolute Gasteiger partial charge is 0.514 e. The predicted octanol–water partition coefficient (Wildman–Crippen LogP) is 3.10. The molecule has 0 bridgehead atoms. The van der Waals surface area contributed by atoms with Crippen molar-refractivity contribution in [1.29, 1.82) is 0 Å². The maximum absolute atomic E-state index is 12.5. The summed E-state index contributed by atoms with van der Waals surface area (Å²) < 4.78 is 16.7. The molecule has 2 aromatic rings. The van der Waals surface area contributed by atoms with E-state index in [0.29, 0.717) is 16.3 Å². The maximum Gasteiger partial charge on any atom is 0.514 e. The van der Waals surface area contributed by atoms with E-state index in [1.165, 1.54) is 0 Å². The molecule has 184 valence electrons. The van der Waals surface area contributed by atoms with E-state index in [-0.39, 0.29) is 25.2 Å². The average molecular weight is 500 g/mol. The first-order chi connectivity index (χ1) is 16.2. The molecule has 2 heterocycles. The highest BCUT2D eigenvalue weighted by molar-refractivity contribution is 6.30. The third-order valence-electron chi connectivity index (χ3n) is 5.51. The van der Waals surface area contributed by atoms with Crippen LogP contribution < -0.4 is 4.74 Å². The van der Waals surface area contributed by atoms with E-state index in [1.54, 1.807) is 25.3 Å². The average Bonchev–Trinajstić information content (AvgIpc) is 3.34. The number of hydrogen-bond acceptors (Lipinski definition) is 13. The fourth-order valence-electron chi connectivity index (χ4n) is 4.05. The van der Waals surface area contributed by atoms with E-state index in [4.69, 9.17) is 56.3 Å². The summed E-state index contributed by atoms with van der Waals surface area (Å²) in [6.45, 7) is 1.87. The molecule has 14 heteroatoms. The first kappa shape index (κ1) is 24.7. The summed E-state index contributed by atoms with van der Waals surface area (Å²) in [7, 11) is 0. The lowest BCUT2D eigenvalue weighted by atomic mass is 10.0. The van der Waals surface area contributed by atoms with E-state index in [1.807, 2.05) is 12.1 Å². The molecule has 4 rings (SSSR count). The summed E-state index contributed by atoms with van der Waals surface area (Å²) in [5.41, 5.74) is 2.73. The van der Waals surface area contributed by atoms with Crippen molar-refractivity contribution in [2.45, 2.75) is 50.8 Å². The first-order valence-electron chi connectivity index (χ1n) is 10.1. The summed E-state index contributed by atoms with van der Waals surface area (Å²) in [5.74, 6) is 0.214. The predicted molar refractivity (Wildman–Crippen MR) is 108 cm³/mol. The van der Waals surface area contributed by atoms with Gasteiger partial charge in [-0.05, 0) is 24.6 Å². The van der Waals surface area contributed by atoms with Gasteiger partial charge in [-0.3, -0.25) is 25.8 Å². The van der Waals surface area contributed by atoms with E-state index >= 15 is 0 Å². The number of pyridine rings is 1. The standard InChI is InChI=1S/C20H22ClN3O10/c1-10-18(15-9-30-19(14(15)8-22-10)11-2-4-12(21)5-3-11)32-20(25)31-13-6-16(33-23(26)27)17(7-13)34-24(28)29/h2-5,8,13,16-17,19,26-29H,6-7,9H2,1H3/t13-,16+,17-,19-/m0/s1. The SMILES string of the molecule is Cc1ncc2c(c1OC(=O)O[C@@H]1C[C@H](ON(O)O)[C@H](ON(O)O)C1)CO[C@H]2c1ccc(Cl)cc1. The lowest BCUT2D eigenvalue weighted by Crippen LogP contribution is -2.35. The first-order valence-corrected chi connectivity index (χ1v) is 10.5. The summed E-state index contributed by atoms with van der Waals surface area (Å²) in [6.07, 6.45) is -2.82. The second-order valence-electron chi connectivity index (χ2n) is 7.71. The van der Waals surface area contributed by atoms with Crippen molar-refractivity contribution in [3.05, 3.63) is 57.9 Å². The molecule has 4 atom stereocenters. The highest BCUT2D eigenvalue weighted by Crippen LogP contribution is 2.41. The zero-order valence-electron chi connectivity index (χ0n) is 17.8. The van der Waals surface area contributed by atoms with Gasteiger partial charge in [-0.25, -0.2) is 14.5 Å². The van der Waals surface area contributed by atoms with Gasteiger partial charge in [-0.2, -0.15) is 0 Å². The van der Waals surface area contributed by atoms with Crippen LogP contribution in [0.15, 0.2) is 30.5 Å². The molecule has 34 heavy (non-hydrogen) atoms. The van der Waals surface area contributed by atoms with Crippen LogP contribution in [0, 0.1) is 6.92 Å². The van der Waals surface area contributed by atoms with Crippen molar-refractivity contribution in [2.75, 3.05) is 0 Å². The van der Waals surface area contributed by atoms with Gasteiger partial charge in [-0.1, -0.05) is 23.7 Å². The number of rotatable bonds is 7. The quantitative estimate of drug-likeness (QED) is 0.324. The van der Waals surface area contributed by atoms with Crippen LogP contribution in [-0.2, 0) is 25.8 Å². The molecule has 1 saturated carbocycles. The van der Waals surface area contributed by atoms with Crippen LogP contribution in [0.25, 0.3) is 0 Å². The van der Waals surface area contributed by atoms with Gasteiger partial charge in [0.05, 0.1) is 23.1 Å². The van der Waals surface area contributed by atoms with Gasteiger partial charge >= 0.3 is 6.16 Å². The highest BCUT2D eigenvalue weighted by atomic mass is 35.5. The summed E-state index contributed by atoms with van der Waals surface area (Å²) in [6, 6.07) is 7.19. The molecule has 0 unspecified atom stereocenters. The number of ether oxygens (including phenoxy) is 3. The van der Waals surface area contributed by atoms with Crippen molar-refractivity contribution in [1.82, 2.24) is 15.8 Å². The second kappa shape index (κ2) is 10.5. The Balaban J connectivity index is 1.45. The van der Waals surface area contributed by atoms with Crippen LogP contribution in [-0.4, -0.2) is 61.1 Å². The zero-order chi connectivity index (χ0) is 24.4. The lowest BCUT2D eigenvalue weighted by Gasteiger charge is -2.20. The number of carbonyl (C=O) groups excluding carboxylic acids is 1. The minimum atomic E-state index is -1.06. The molecule has 4 N–H and O–H groups in total. The Kier molecular flexibility index (Phi) is 7.59. The normalized spacial score (nSPS) is 24.0. The Morgan fingerprint density at radius 3 is 2.29 bits per heavy atom. The molecule has 0 amide bonds. The molecule has 0 saturated heterocycles. The summed E-state index contributed by atoms with van der Waals surface area (Å²) in [5, 5.41) is 35.0. The summed E-state index contributed by atoms with van der Waals surface area (Å²) >= 11 is 5.96. The number of halogens is 1. The van der Waals surface area contributed by atoms with Gasteiger partial charge in [0.2, 0.25) is 0 Å². The van der Waals surface area contributed by atoms with Crippen molar-refractivity contribution >= 4 is 17.8 Å². The van der Waals surface area contributed by atoms with Crippen molar-refractivity contribution in [3.8, 4) is 5.75 Å². The Bertz CT molecular complexity index is 1000. The molecule has 2 aliphatic rings. The van der Waals surface area contributed by atoms with Crippen LogP contribution in [0.5, 0.6) is 5.75 Å². The number of nitrogens with zero attached hydrogens (tertiary/aromatic N) is 3. The van der Waals surface area contributed by atoms with Gasteiger partial charge in [0.15, 0.2) is 5.75 Å². The van der Waals surface area contributed by atoms with E-state index in [2.05, 4.69) is 4.98 Å². The lowest BCUT2D eigenvalue weighted by molar-refractivity contribution is -0.535. The van der Waals surface area contributed by atoms with Crippen LogP contribution in [0.3, 0.4) is 0 Å². The maximum atomic E-state index is 12.5. The van der Waals surface area contributed by atoms with Crippen molar-refractivity contribution < 1.29 is 49.5 Å². The number of aryl methyl sites for hydroxylation is 1. The Hall–Kier alpha value is -2.43. The Morgan fingerprint density at radius 2 is 1.71 bits per heavy atom. The number of hydrogen-bond donors (Lipinski definition) is 4. The molecule has 1 aromatic carbocycles. The molecule has 1 aromatic heterocycles. The van der Waals surface area contributed by atoms with Gasteiger partial charge in [0.25, 0.3) is 0 Å². The van der Waals surface area contributed by atoms with Gasteiger partial charge in [0.1, 0.15) is 24.4 Å². The van der Waals surface area contributed by atoms with Gasteiger partial charge in [0, 0.05) is 35.2 Å². The molecular weight excluding hydrogens is 478 g/mol. The number of aromatic nitrogens is 1. The summed E-state index contributed by atoms with van der Waals surface area (Å²) in [4.78, 5) is 26.3. The molecule has 1 aliphatic carbocycles. The second-order valence-corrected chi connectivity index (χ2v) is 8.14. The van der Waals surface area contributed by atoms with E-state index in [0.717, 1.165) is 11.1 Å². The number of benzene rings is 1. The molecule has 0 radical (unpaired) electrons. The zero-order valence-corrected chi connectivity index (χ0v) is 18.5. The number of fused-ring (bicyclic) bond motifs is 1. The Morgan fingerprint density at radius 1 is 1.09 bits per heavy atom. The minimum absolute atomic E-state index is 0.0445. The van der Waals surface area contributed by atoms with Crippen molar-refractivity contribution in [3.63, 3.8) is 0 Å². The smallest absolute Gasteiger partial charge is 0.430 e. The molecular formula is C20H22ClN3O10. The van der Waals surface area contributed by atoms with E-state index < -0.39 is 41.4 Å². The molecule has 1 aliphatic heterocycles. The van der Waals surface area contributed by atoms with Crippen LogP contribution in [0.2, 0.25) is 5.02 Å². The number of carbonyl (C=O) groups is 1.